The number of nitrogens with one attached hydrogen (secondary N) is 2. The van der Waals surface area contributed by atoms with Crippen LogP contribution in [0, 0.1) is 11.6 Å². The number of hydrogen-bond donors (Lipinski definition) is 3. The highest BCUT2D eigenvalue weighted by Gasteiger charge is 2.45. The molecule has 13 nitrogen and oxygen atoms in total. The van der Waals surface area contributed by atoms with Crippen molar-refractivity contribution in [2.75, 3.05) is 0 Å². The zero-order valence-corrected chi connectivity index (χ0v) is 22.0. The van der Waals surface area contributed by atoms with E-state index in [1.807, 2.05) is 0 Å². The molecule has 0 aromatic heterocycles. The maximum atomic E-state index is 13.7. The Kier molecular flexibility index (Phi) is 11.1. The predicted octanol–water partition coefficient (Wildman–Crippen LogP) is -2.25. The van der Waals surface area contributed by atoms with E-state index in [1.54, 1.807) is 0 Å². The summed E-state index contributed by atoms with van der Waals surface area (Å²) in [6.07, 6.45) is 0.932. The van der Waals surface area contributed by atoms with E-state index in [-0.39, 0.29) is 66.7 Å². The number of ether oxygens (including phenoxy) is 1. The lowest BCUT2D eigenvalue weighted by molar-refractivity contribution is -0.137. The van der Waals surface area contributed by atoms with Gasteiger partial charge in [0.05, 0.1) is 22.7 Å². The van der Waals surface area contributed by atoms with Crippen LogP contribution in [0.4, 0.5) is 8.78 Å². The van der Waals surface area contributed by atoms with Crippen LogP contribution in [0.25, 0.3) is 0 Å². The number of fused-ring (bicyclic) bond motifs is 2. The maximum Gasteiger partial charge on any atom is 0.349 e. The summed E-state index contributed by atoms with van der Waals surface area (Å²) >= 11 is 0. The van der Waals surface area contributed by atoms with Crippen molar-refractivity contribution in [3.63, 3.8) is 0 Å². The molecule has 2 saturated heterocycles. The van der Waals surface area contributed by atoms with Crippen LogP contribution >= 0.6 is 0 Å². The van der Waals surface area contributed by atoms with Crippen molar-refractivity contribution >= 4 is 47.4 Å². The summed E-state index contributed by atoms with van der Waals surface area (Å²) in [5, 5.41) is 4.20. The highest BCUT2D eigenvalue weighted by Crippen LogP contribution is 2.29. The summed E-state index contributed by atoms with van der Waals surface area (Å²) in [6.45, 7) is 0. The van der Waals surface area contributed by atoms with Crippen molar-refractivity contribution in [2.24, 2.45) is 5.73 Å². The first-order chi connectivity index (χ1) is 19.4. The zero-order valence-electron chi connectivity index (χ0n) is 21.3. The summed E-state index contributed by atoms with van der Waals surface area (Å²) in [4.78, 5) is 90.5. The van der Waals surface area contributed by atoms with Gasteiger partial charge in [0.25, 0.3) is 11.8 Å². The Labute approximate surface area is 248 Å². The van der Waals surface area contributed by atoms with Crippen LogP contribution in [-0.2, 0) is 23.9 Å². The van der Waals surface area contributed by atoms with Crippen LogP contribution < -0.4 is 28.8 Å². The molecule has 6 rings (SSSR count). The normalized spacial score (nSPS) is 20.1. The molecule has 4 heterocycles. The Morgan fingerprint density at radius 2 is 1.26 bits per heavy atom. The second-order valence-corrected chi connectivity index (χ2v) is 9.01. The Hall–Kier alpha value is -4.89. The quantitative estimate of drug-likeness (QED) is 0.178. The molecule has 2 fully saturated rings. The fraction of sp³-hybridized carbons (Fsp3) is 0.259. The molecule has 4 N–H and O–H groups in total. The standard InChI is InChI=1S/C13H9FN2O4.C8H3FO3.C5H8N2O2.CH4.ClH/c14-7-3-1-2-6-10(7)13(20)16(12(6)19)8-4-5-9(17)15-11(8)18;9-5-3-1-2-4-6(5)8(11)12-7(4)10;6-3-1-2-4(8)7-5(3)9;;/h1-3,8H,4-5H2,(H,15,17,18);1-3H;3H,1-2,6H2,(H,7,8,9);1H4;1H/p-1. The van der Waals surface area contributed by atoms with Gasteiger partial charge in [-0.3, -0.25) is 44.3 Å². The number of piperidine rings is 2. The van der Waals surface area contributed by atoms with Crippen LogP contribution in [0.1, 0.15) is 74.5 Å². The van der Waals surface area contributed by atoms with Gasteiger partial charge in [0.2, 0.25) is 23.6 Å². The van der Waals surface area contributed by atoms with E-state index in [1.165, 1.54) is 24.3 Å². The number of carbonyl (C=O) groups is 8. The predicted molar refractivity (Wildman–Crippen MR) is 136 cm³/mol. The molecule has 228 valence electrons. The Morgan fingerprint density at radius 3 is 1.77 bits per heavy atom. The average molecular weight is 622 g/mol. The number of halogens is 3. The lowest BCUT2D eigenvalue weighted by atomic mass is 10.0. The van der Waals surface area contributed by atoms with E-state index in [0.717, 1.165) is 17.0 Å². The first-order valence-electron chi connectivity index (χ1n) is 12.0. The number of nitrogens with zero attached hydrogens (tertiary/aromatic N) is 1. The van der Waals surface area contributed by atoms with Gasteiger partial charge in [-0.05, 0) is 37.1 Å². The average Bonchev–Trinajstić information content (AvgIpc) is 3.35. The summed E-state index contributed by atoms with van der Waals surface area (Å²) in [5.41, 5.74) is 4.64. The van der Waals surface area contributed by atoms with Crippen molar-refractivity contribution in [1.29, 1.82) is 0 Å². The number of carbonyl (C=O) groups excluding carboxylic acids is 8. The van der Waals surface area contributed by atoms with E-state index in [2.05, 4.69) is 15.4 Å². The summed E-state index contributed by atoms with van der Waals surface area (Å²) in [6, 6.07) is 6.01. The lowest BCUT2D eigenvalue weighted by Crippen LogP contribution is -3.00. The van der Waals surface area contributed by atoms with Gasteiger partial charge in [0.1, 0.15) is 23.2 Å². The van der Waals surface area contributed by atoms with Gasteiger partial charge in [0, 0.05) is 12.8 Å². The number of hydrogen-bond acceptors (Lipinski definition) is 10. The lowest BCUT2D eigenvalue weighted by Gasteiger charge is -2.27. The molecule has 4 aliphatic rings. The van der Waals surface area contributed by atoms with Gasteiger partial charge in [-0.15, -0.1) is 0 Å². The van der Waals surface area contributed by atoms with Crippen LogP contribution in [0.5, 0.6) is 0 Å². The third-order valence-corrected chi connectivity index (χ3v) is 6.32. The Balaban J connectivity index is 0.000000241. The van der Waals surface area contributed by atoms with E-state index < -0.39 is 59.3 Å². The minimum absolute atomic E-state index is 0. The van der Waals surface area contributed by atoms with E-state index >= 15 is 0 Å². The number of amides is 6. The highest BCUT2D eigenvalue weighted by molar-refractivity contribution is 6.23. The largest absolute Gasteiger partial charge is 1.00 e. The molecule has 0 bridgehead atoms. The number of nitrogens with two attached hydrogens (primary N) is 1. The molecule has 2 unspecified atom stereocenters. The smallest absolute Gasteiger partial charge is 0.349 e. The molecule has 0 spiro atoms. The maximum absolute atomic E-state index is 13.7. The van der Waals surface area contributed by atoms with E-state index in [9.17, 15) is 47.1 Å². The van der Waals surface area contributed by atoms with E-state index in [4.69, 9.17) is 5.73 Å². The third kappa shape index (κ3) is 6.95. The van der Waals surface area contributed by atoms with Gasteiger partial charge >= 0.3 is 11.9 Å². The van der Waals surface area contributed by atoms with Crippen LogP contribution in [-0.4, -0.2) is 64.4 Å². The van der Waals surface area contributed by atoms with Crippen molar-refractivity contribution in [1.82, 2.24) is 15.5 Å². The first-order valence-corrected chi connectivity index (χ1v) is 12.0. The molecule has 0 aliphatic carbocycles. The van der Waals surface area contributed by atoms with Crippen LogP contribution in [0.2, 0.25) is 0 Å². The zero-order chi connectivity index (χ0) is 30.0. The topological polar surface area (TPSA) is 199 Å². The fourth-order valence-corrected chi connectivity index (χ4v) is 4.28. The van der Waals surface area contributed by atoms with Crippen molar-refractivity contribution in [3.05, 3.63) is 70.3 Å². The minimum Gasteiger partial charge on any atom is -1.00 e. The fourth-order valence-electron chi connectivity index (χ4n) is 4.28. The minimum atomic E-state index is -1.07. The summed E-state index contributed by atoms with van der Waals surface area (Å²) in [5.74, 6) is -6.49. The number of benzene rings is 2. The third-order valence-electron chi connectivity index (χ3n) is 6.32. The monoisotopic (exact) mass is 621 g/mol. The SMILES string of the molecule is C.NC1CCC(=O)NC1=O.O=C1CCC(N2C(=O)c3cccc(F)c3C2=O)C(=O)N1.O=C1OC(=O)c2c(F)cccc21.[Cl-]. The molecule has 16 heteroatoms. The molecule has 0 radical (unpaired) electrons. The number of imide groups is 3. The van der Waals surface area contributed by atoms with Crippen LogP contribution in [0.15, 0.2) is 36.4 Å². The first kappa shape index (κ1) is 34.3. The number of cyclic esters (lactones) is 2. The molecular weight excluding hydrogens is 598 g/mol. The molecule has 4 aliphatic heterocycles. The molecule has 0 saturated carbocycles. The van der Waals surface area contributed by atoms with Crippen molar-refractivity contribution < 1.29 is 64.3 Å². The molecule has 2 atom stereocenters. The molecule has 43 heavy (non-hydrogen) atoms. The van der Waals surface area contributed by atoms with Crippen LogP contribution in [0.3, 0.4) is 0 Å². The van der Waals surface area contributed by atoms with Crippen molar-refractivity contribution in [3.8, 4) is 0 Å². The van der Waals surface area contributed by atoms with Gasteiger partial charge in [-0.25, -0.2) is 18.4 Å². The summed E-state index contributed by atoms with van der Waals surface area (Å²) in [7, 11) is 0. The van der Waals surface area contributed by atoms with Gasteiger partial charge in [-0.1, -0.05) is 19.6 Å². The molecular formula is C27H24ClF2N4O9-. The molecule has 6 amide bonds. The second kappa shape index (κ2) is 13.8. The van der Waals surface area contributed by atoms with Gasteiger partial charge in [0.15, 0.2) is 0 Å². The van der Waals surface area contributed by atoms with Gasteiger partial charge in [-0.2, -0.15) is 0 Å². The second-order valence-electron chi connectivity index (χ2n) is 9.01. The summed E-state index contributed by atoms with van der Waals surface area (Å²) < 4.78 is 30.7. The highest BCUT2D eigenvalue weighted by atomic mass is 35.5. The molecule has 2 aromatic carbocycles. The van der Waals surface area contributed by atoms with Crippen molar-refractivity contribution in [2.45, 2.75) is 45.2 Å². The van der Waals surface area contributed by atoms with Gasteiger partial charge < -0.3 is 22.9 Å². The van der Waals surface area contributed by atoms with E-state index in [0.29, 0.717) is 12.8 Å². The number of rotatable bonds is 1. The molecule has 2 aromatic rings. The number of esters is 2. The Morgan fingerprint density at radius 1 is 0.721 bits per heavy atom. The Bertz CT molecular complexity index is 1550.